The van der Waals surface area contributed by atoms with Gasteiger partial charge in [-0.2, -0.15) is 0 Å². The fourth-order valence-corrected chi connectivity index (χ4v) is 1.74. The third-order valence-electron chi connectivity index (χ3n) is 1.57. The van der Waals surface area contributed by atoms with Gasteiger partial charge in [-0.05, 0) is 6.07 Å². The van der Waals surface area contributed by atoms with Gasteiger partial charge in [0, 0.05) is 23.4 Å². The van der Waals surface area contributed by atoms with Crippen LogP contribution in [0.1, 0.15) is 6.42 Å². The Hall–Kier alpha value is -1.62. The van der Waals surface area contributed by atoms with Gasteiger partial charge in [0.05, 0.1) is 4.92 Å². The minimum absolute atomic E-state index is 0.00796. The van der Waals surface area contributed by atoms with Gasteiger partial charge in [0.15, 0.2) is 5.12 Å². The van der Waals surface area contributed by atoms with Crippen LogP contribution in [0.3, 0.4) is 0 Å². The average Bonchev–Trinajstić information content (AvgIpc) is 2.18. The molecule has 0 heterocycles. The molecule has 0 aliphatic heterocycles. The molecule has 0 aromatic heterocycles. The molecule has 0 unspecified atom stereocenters. The van der Waals surface area contributed by atoms with Crippen LogP contribution in [0.2, 0.25) is 0 Å². The Morgan fingerprint density at radius 2 is 2.33 bits per heavy atom. The predicted octanol–water partition coefficient (Wildman–Crippen LogP) is 2.79. The first-order valence-corrected chi connectivity index (χ1v) is 5.01. The van der Waals surface area contributed by atoms with Crippen molar-refractivity contribution in [1.82, 2.24) is 0 Å². The molecule has 0 atom stereocenters. The summed E-state index contributed by atoms with van der Waals surface area (Å²) >= 11 is 0.985. The fourth-order valence-electron chi connectivity index (χ4n) is 0.952. The Morgan fingerprint density at radius 1 is 1.60 bits per heavy atom. The molecule has 0 radical (unpaired) electrons. The molecule has 0 N–H and O–H groups in total. The molecule has 78 valence electrons. The lowest BCUT2D eigenvalue weighted by Crippen LogP contribution is -1.90. The number of benzene rings is 1. The van der Waals surface area contributed by atoms with E-state index in [1.54, 1.807) is 12.1 Å². The van der Waals surface area contributed by atoms with Crippen LogP contribution in [0.4, 0.5) is 5.69 Å². The summed E-state index contributed by atoms with van der Waals surface area (Å²) in [7, 11) is 0. The van der Waals surface area contributed by atoms with Gasteiger partial charge in [-0.15, -0.1) is 6.58 Å². The zero-order valence-electron chi connectivity index (χ0n) is 7.88. The number of rotatable bonds is 4. The van der Waals surface area contributed by atoms with E-state index in [0.29, 0.717) is 4.90 Å². The van der Waals surface area contributed by atoms with Crippen LogP contribution >= 0.6 is 11.8 Å². The summed E-state index contributed by atoms with van der Waals surface area (Å²) in [5.41, 5.74) is -0.00796. The third kappa shape index (κ3) is 3.55. The highest BCUT2D eigenvalue weighted by molar-refractivity contribution is 8.13. The Labute approximate surface area is 91.1 Å². The Kier molecular flexibility index (Phi) is 4.05. The van der Waals surface area contributed by atoms with Gasteiger partial charge >= 0.3 is 0 Å². The van der Waals surface area contributed by atoms with E-state index in [4.69, 9.17) is 0 Å². The Morgan fingerprint density at radius 3 is 2.93 bits per heavy atom. The van der Waals surface area contributed by atoms with Crippen molar-refractivity contribution >= 4 is 22.6 Å². The first kappa shape index (κ1) is 11.5. The topological polar surface area (TPSA) is 60.2 Å². The molecule has 0 bridgehead atoms. The molecule has 15 heavy (non-hydrogen) atoms. The molecule has 1 aromatic rings. The van der Waals surface area contributed by atoms with Gasteiger partial charge in [0.2, 0.25) is 0 Å². The van der Waals surface area contributed by atoms with Crippen molar-refractivity contribution in [3.8, 4) is 0 Å². The molecule has 5 heteroatoms. The quantitative estimate of drug-likeness (QED) is 0.341. The number of nitro benzene ring substituents is 1. The zero-order chi connectivity index (χ0) is 11.3. The molecule has 0 aliphatic rings. The van der Waals surface area contributed by atoms with E-state index < -0.39 is 4.92 Å². The zero-order valence-corrected chi connectivity index (χ0v) is 8.70. The van der Waals surface area contributed by atoms with E-state index in [0.717, 1.165) is 11.8 Å². The molecule has 0 spiro atoms. The van der Waals surface area contributed by atoms with Gasteiger partial charge < -0.3 is 0 Å². The minimum atomic E-state index is -0.484. The molecule has 0 saturated carbocycles. The highest BCUT2D eigenvalue weighted by Crippen LogP contribution is 2.24. The molecule has 0 fully saturated rings. The van der Waals surface area contributed by atoms with Crippen molar-refractivity contribution in [3.05, 3.63) is 47.0 Å². The summed E-state index contributed by atoms with van der Waals surface area (Å²) in [5.74, 6) is 0. The first-order valence-electron chi connectivity index (χ1n) is 4.19. The number of hydrogen-bond acceptors (Lipinski definition) is 4. The summed E-state index contributed by atoms with van der Waals surface area (Å²) in [4.78, 5) is 21.8. The first-order chi connectivity index (χ1) is 7.13. The lowest BCUT2D eigenvalue weighted by Gasteiger charge is -1.98. The number of carbonyl (C=O) groups excluding carboxylic acids is 1. The molecule has 0 aliphatic carbocycles. The highest BCUT2D eigenvalue weighted by atomic mass is 32.2. The molecule has 1 aromatic carbocycles. The lowest BCUT2D eigenvalue weighted by molar-refractivity contribution is -0.385. The van der Waals surface area contributed by atoms with Crippen LogP contribution in [-0.2, 0) is 4.79 Å². The predicted molar refractivity (Wildman–Crippen MR) is 58.8 cm³/mol. The van der Waals surface area contributed by atoms with Crippen molar-refractivity contribution in [2.45, 2.75) is 11.3 Å². The van der Waals surface area contributed by atoms with E-state index in [1.165, 1.54) is 18.2 Å². The van der Waals surface area contributed by atoms with Crippen LogP contribution in [0.25, 0.3) is 0 Å². The van der Waals surface area contributed by atoms with Crippen LogP contribution < -0.4 is 0 Å². The maximum atomic E-state index is 11.2. The fraction of sp³-hybridized carbons (Fsp3) is 0.100. The number of hydrogen-bond donors (Lipinski definition) is 0. The second-order valence-corrected chi connectivity index (χ2v) is 3.85. The van der Waals surface area contributed by atoms with E-state index in [-0.39, 0.29) is 17.2 Å². The number of carbonyl (C=O) groups is 1. The molecular formula is C10H9NO3S. The monoisotopic (exact) mass is 223 g/mol. The minimum Gasteiger partial charge on any atom is -0.286 e. The number of allylic oxidation sites excluding steroid dienone is 1. The molecule has 1 rings (SSSR count). The van der Waals surface area contributed by atoms with Crippen molar-refractivity contribution < 1.29 is 9.72 Å². The summed E-state index contributed by atoms with van der Waals surface area (Å²) < 4.78 is 0. The summed E-state index contributed by atoms with van der Waals surface area (Å²) in [6.07, 6.45) is 1.76. The number of nitrogens with zero attached hydrogens (tertiary/aromatic N) is 1. The van der Waals surface area contributed by atoms with Gasteiger partial charge in [0.25, 0.3) is 5.69 Å². The summed E-state index contributed by atoms with van der Waals surface area (Å²) in [6.45, 7) is 3.45. The normalized spacial score (nSPS) is 9.60. The number of nitro groups is 1. The largest absolute Gasteiger partial charge is 0.286 e. The molecular weight excluding hydrogens is 214 g/mol. The standard InChI is InChI=1S/C10H9NO3S/c1-2-4-10(12)15-9-6-3-5-8(7-9)11(13)14/h2-3,5-7H,1,4H2. The van der Waals surface area contributed by atoms with Crippen molar-refractivity contribution in [2.75, 3.05) is 0 Å². The summed E-state index contributed by atoms with van der Waals surface area (Å²) in [6, 6.07) is 5.99. The van der Waals surface area contributed by atoms with Crippen LogP contribution in [0.5, 0.6) is 0 Å². The average molecular weight is 223 g/mol. The van der Waals surface area contributed by atoms with E-state index >= 15 is 0 Å². The molecule has 4 nitrogen and oxygen atoms in total. The third-order valence-corrected chi connectivity index (χ3v) is 2.46. The van der Waals surface area contributed by atoms with Crippen LogP contribution in [0, 0.1) is 10.1 Å². The van der Waals surface area contributed by atoms with Gasteiger partial charge in [-0.3, -0.25) is 14.9 Å². The Bertz CT molecular complexity index is 403. The van der Waals surface area contributed by atoms with Crippen molar-refractivity contribution in [2.24, 2.45) is 0 Å². The van der Waals surface area contributed by atoms with Gasteiger partial charge in [-0.25, -0.2) is 0 Å². The van der Waals surface area contributed by atoms with E-state index in [2.05, 4.69) is 6.58 Å². The van der Waals surface area contributed by atoms with E-state index in [1.807, 2.05) is 0 Å². The SMILES string of the molecule is C=CCC(=O)Sc1cccc([N+](=O)[O-])c1. The smallest absolute Gasteiger partial charge is 0.270 e. The van der Waals surface area contributed by atoms with E-state index in [9.17, 15) is 14.9 Å². The summed E-state index contributed by atoms with van der Waals surface area (Å²) in [5, 5.41) is 10.4. The molecule has 0 amide bonds. The highest BCUT2D eigenvalue weighted by Gasteiger charge is 2.08. The van der Waals surface area contributed by atoms with Crippen LogP contribution in [-0.4, -0.2) is 10.0 Å². The van der Waals surface area contributed by atoms with Crippen LogP contribution in [0.15, 0.2) is 41.8 Å². The van der Waals surface area contributed by atoms with Crippen molar-refractivity contribution in [3.63, 3.8) is 0 Å². The second-order valence-electron chi connectivity index (χ2n) is 2.72. The second kappa shape index (κ2) is 5.31. The maximum Gasteiger partial charge on any atom is 0.270 e. The Balaban J connectivity index is 2.77. The van der Waals surface area contributed by atoms with Gasteiger partial charge in [0.1, 0.15) is 0 Å². The number of non-ortho nitro benzene ring substituents is 1. The maximum absolute atomic E-state index is 11.2. The number of thioether (sulfide) groups is 1. The molecule has 0 saturated heterocycles. The van der Waals surface area contributed by atoms with Crippen molar-refractivity contribution in [1.29, 1.82) is 0 Å². The van der Waals surface area contributed by atoms with Gasteiger partial charge in [-0.1, -0.05) is 23.9 Å². The lowest BCUT2D eigenvalue weighted by atomic mass is 10.3.